The molecule has 7 nitrogen and oxygen atoms in total. The number of nitrogens with zero attached hydrogens (tertiary/aromatic N) is 3. The molecule has 0 amide bonds. The van der Waals surface area contributed by atoms with Crippen LogP contribution in [-0.2, 0) is 28.7 Å². The van der Waals surface area contributed by atoms with Gasteiger partial charge in [0.15, 0.2) is 0 Å². The Balaban J connectivity index is 1.92. The minimum Gasteiger partial charge on any atom is -0.392 e. The molecular weight excluding hydrogens is 332 g/mol. The van der Waals surface area contributed by atoms with Gasteiger partial charge in [-0.05, 0) is 23.8 Å². The van der Waals surface area contributed by atoms with E-state index in [2.05, 4.69) is 4.98 Å². The van der Waals surface area contributed by atoms with Gasteiger partial charge in [0, 0.05) is 44.3 Å². The van der Waals surface area contributed by atoms with Crippen LogP contribution in [-0.4, -0.2) is 40.0 Å². The molecule has 0 aliphatic carbocycles. The Morgan fingerprint density at radius 1 is 1.38 bits per heavy atom. The Hall–Kier alpha value is -2.48. The van der Waals surface area contributed by atoms with Crippen molar-refractivity contribution in [1.29, 1.82) is 0 Å². The van der Waals surface area contributed by atoms with Gasteiger partial charge in [-0.25, -0.2) is 9.97 Å². The molecule has 4 rings (SSSR count). The zero-order chi connectivity index (χ0) is 18.3. The zero-order valence-corrected chi connectivity index (χ0v) is 14.9. The third-order valence-electron chi connectivity index (χ3n) is 5.08. The molecule has 0 bridgehead atoms. The normalized spacial score (nSPS) is 20.1. The van der Waals surface area contributed by atoms with Crippen molar-refractivity contribution in [3.63, 3.8) is 0 Å². The number of fused-ring (bicyclic) bond motifs is 1. The lowest BCUT2D eigenvalue weighted by atomic mass is 9.95. The van der Waals surface area contributed by atoms with Crippen LogP contribution in [0.25, 0.3) is 22.2 Å². The van der Waals surface area contributed by atoms with Crippen LogP contribution in [0.2, 0.25) is 0 Å². The van der Waals surface area contributed by atoms with E-state index in [-0.39, 0.29) is 6.61 Å². The summed E-state index contributed by atoms with van der Waals surface area (Å²) in [4.78, 5) is 9.05. The van der Waals surface area contributed by atoms with Gasteiger partial charge in [0.05, 0.1) is 36.3 Å². The summed E-state index contributed by atoms with van der Waals surface area (Å²) in [5.41, 5.74) is 9.56. The van der Waals surface area contributed by atoms with Gasteiger partial charge >= 0.3 is 0 Å². The fourth-order valence-electron chi connectivity index (χ4n) is 3.56. The second kappa shape index (κ2) is 6.35. The average Bonchev–Trinajstić information content (AvgIpc) is 3.27. The smallest absolute Gasteiger partial charge is 0.135 e. The Morgan fingerprint density at radius 2 is 2.23 bits per heavy atom. The second-order valence-electron chi connectivity index (χ2n) is 6.68. The SMILES string of the molecule is CO[C@@]1(c2cc(CO)cc(-c3cn(C)c4cnc(N)cc34)n2)CCOC1. The maximum Gasteiger partial charge on any atom is 0.135 e. The molecule has 4 heterocycles. The van der Waals surface area contributed by atoms with Gasteiger partial charge < -0.3 is 24.9 Å². The van der Waals surface area contributed by atoms with Gasteiger partial charge in [0.2, 0.25) is 0 Å². The lowest BCUT2D eigenvalue weighted by molar-refractivity contribution is -0.0246. The van der Waals surface area contributed by atoms with Gasteiger partial charge in [-0.1, -0.05) is 0 Å². The van der Waals surface area contributed by atoms with Crippen molar-refractivity contribution in [2.24, 2.45) is 7.05 Å². The molecule has 1 aliphatic rings. The summed E-state index contributed by atoms with van der Waals surface area (Å²) in [6, 6.07) is 5.64. The van der Waals surface area contributed by atoms with E-state index in [1.54, 1.807) is 13.3 Å². The molecule has 1 atom stereocenters. The lowest BCUT2D eigenvalue weighted by Gasteiger charge is -2.26. The largest absolute Gasteiger partial charge is 0.392 e. The Bertz CT molecular complexity index is 961. The fourth-order valence-corrected chi connectivity index (χ4v) is 3.56. The van der Waals surface area contributed by atoms with Gasteiger partial charge in [-0.3, -0.25) is 0 Å². The third-order valence-corrected chi connectivity index (χ3v) is 5.08. The Morgan fingerprint density at radius 3 is 2.92 bits per heavy atom. The predicted molar refractivity (Wildman–Crippen MR) is 98.4 cm³/mol. The van der Waals surface area contributed by atoms with E-state index >= 15 is 0 Å². The number of hydrogen-bond donors (Lipinski definition) is 2. The highest BCUT2D eigenvalue weighted by Crippen LogP contribution is 2.36. The Labute approximate surface area is 151 Å². The number of anilines is 1. The van der Waals surface area contributed by atoms with Gasteiger partial charge in [-0.2, -0.15) is 0 Å². The first kappa shape index (κ1) is 17.0. The summed E-state index contributed by atoms with van der Waals surface area (Å²) in [7, 11) is 3.63. The van der Waals surface area contributed by atoms with Crippen LogP contribution in [0, 0.1) is 0 Å². The molecule has 136 valence electrons. The molecule has 1 aliphatic heterocycles. The van der Waals surface area contributed by atoms with Crippen LogP contribution in [0.15, 0.2) is 30.6 Å². The average molecular weight is 354 g/mol. The standard InChI is InChI=1S/C19H22N4O3/c1-23-9-14(13-7-18(20)21-8-16(13)23)15-5-12(10-24)6-17(22-15)19(25-2)3-4-26-11-19/h5-9,24H,3-4,10-11H2,1-2H3,(H2,20,21)/t19-/m0/s1. The number of pyridine rings is 2. The number of ether oxygens (including phenoxy) is 2. The first-order valence-corrected chi connectivity index (χ1v) is 8.52. The van der Waals surface area contributed by atoms with Crippen molar-refractivity contribution in [1.82, 2.24) is 14.5 Å². The molecule has 0 unspecified atom stereocenters. The fraction of sp³-hybridized carbons (Fsp3) is 0.368. The molecule has 3 N–H and O–H groups in total. The van der Waals surface area contributed by atoms with E-state index in [4.69, 9.17) is 20.2 Å². The number of aliphatic hydroxyl groups excluding tert-OH is 1. The first-order valence-electron chi connectivity index (χ1n) is 8.52. The van der Waals surface area contributed by atoms with E-state index in [1.165, 1.54) is 0 Å². The molecule has 0 saturated carbocycles. The number of aliphatic hydroxyl groups is 1. The van der Waals surface area contributed by atoms with Crippen LogP contribution < -0.4 is 5.73 Å². The molecule has 3 aromatic heterocycles. The van der Waals surface area contributed by atoms with Crippen LogP contribution in [0.5, 0.6) is 0 Å². The van der Waals surface area contributed by atoms with Crippen molar-refractivity contribution in [3.8, 4) is 11.3 Å². The highest BCUT2D eigenvalue weighted by atomic mass is 16.5. The molecule has 0 spiro atoms. The summed E-state index contributed by atoms with van der Waals surface area (Å²) < 4.78 is 13.3. The Kier molecular flexibility index (Phi) is 4.14. The highest BCUT2D eigenvalue weighted by molar-refractivity contribution is 5.96. The summed E-state index contributed by atoms with van der Waals surface area (Å²) in [5.74, 6) is 0.459. The molecule has 1 fully saturated rings. The van der Waals surface area contributed by atoms with Gasteiger partial charge in [0.25, 0.3) is 0 Å². The topological polar surface area (TPSA) is 95.4 Å². The van der Waals surface area contributed by atoms with Crippen LogP contribution in [0.1, 0.15) is 17.7 Å². The van der Waals surface area contributed by atoms with E-state index in [1.807, 2.05) is 36.0 Å². The van der Waals surface area contributed by atoms with Crippen LogP contribution in [0.3, 0.4) is 0 Å². The molecule has 7 heteroatoms. The van der Waals surface area contributed by atoms with Crippen molar-refractivity contribution in [3.05, 3.63) is 41.9 Å². The van der Waals surface area contributed by atoms with Gasteiger partial charge in [0.1, 0.15) is 11.4 Å². The number of hydrogen-bond acceptors (Lipinski definition) is 6. The number of aryl methyl sites for hydroxylation is 1. The predicted octanol–water partition coefficient (Wildman–Crippen LogP) is 1.97. The third kappa shape index (κ3) is 2.65. The number of rotatable bonds is 4. The molecular formula is C19H22N4O3. The molecule has 26 heavy (non-hydrogen) atoms. The summed E-state index contributed by atoms with van der Waals surface area (Å²) in [6.45, 7) is 1.01. The maximum atomic E-state index is 9.76. The molecule has 1 saturated heterocycles. The lowest BCUT2D eigenvalue weighted by Crippen LogP contribution is -2.30. The summed E-state index contributed by atoms with van der Waals surface area (Å²) in [6.07, 6.45) is 4.49. The maximum absolute atomic E-state index is 9.76. The van der Waals surface area contributed by atoms with Crippen LogP contribution in [0.4, 0.5) is 5.82 Å². The van der Waals surface area contributed by atoms with Crippen molar-refractivity contribution < 1.29 is 14.6 Å². The van der Waals surface area contributed by atoms with Crippen molar-refractivity contribution >= 4 is 16.7 Å². The van der Waals surface area contributed by atoms with Crippen LogP contribution >= 0.6 is 0 Å². The molecule has 3 aromatic rings. The quantitative estimate of drug-likeness (QED) is 0.744. The molecule has 0 aromatic carbocycles. The second-order valence-corrected chi connectivity index (χ2v) is 6.68. The van der Waals surface area contributed by atoms with E-state index in [0.717, 1.165) is 39.8 Å². The number of nitrogens with two attached hydrogens (primary N) is 1. The van der Waals surface area contributed by atoms with E-state index in [0.29, 0.717) is 19.0 Å². The highest BCUT2D eigenvalue weighted by Gasteiger charge is 2.38. The van der Waals surface area contributed by atoms with Crippen molar-refractivity contribution in [2.45, 2.75) is 18.6 Å². The first-order chi connectivity index (χ1) is 12.6. The van der Waals surface area contributed by atoms with E-state index in [9.17, 15) is 5.11 Å². The van der Waals surface area contributed by atoms with Gasteiger partial charge in [-0.15, -0.1) is 0 Å². The number of nitrogen functional groups attached to an aromatic ring is 1. The zero-order valence-electron chi connectivity index (χ0n) is 14.9. The monoisotopic (exact) mass is 354 g/mol. The minimum atomic E-state index is -0.578. The summed E-state index contributed by atoms with van der Waals surface area (Å²) in [5, 5.41) is 10.7. The van der Waals surface area contributed by atoms with Crippen molar-refractivity contribution in [2.75, 3.05) is 26.1 Å². The molecule has 0 radical (unpaired) electrons. The minimum absolute atomic E-state index is 0.0718. The summed E-state index contributed by atoms with van der Waals surface area (Å²) >= 11 is 0. The number of aromatic nitrogens is 3. The van der Waals surface area contributed by atoms with E-state index < -0.39 is 5.60 Å². The number of methoxy groups -OCH3 is 1.